The van der Waals surface area contributed by atoms with Crippen LogP contribution in [0.2, 0.25) is 0 Å². The van der Waals surface area contributed by atoms with Crippen molar-refractivity contribution < 1.29 is 23.7 Å². The molecule has 0 saturated carbocycles. The van der Waals surface area contributed by atoms with Crippen LogP contribution >= 0.6 is 0 Å². The molecule has 2 rings (SSSR count). The topological polar surface area (TPSA) is 49.5 Å². The Labute approximate surface area is 102 Å². The summed E-state index contributed by atoms with van der Waals surface area (Å²) in [5.74, 6) is 0. The summed E-state index contributed by atoms with van der Waals surface area (Å²) in [4.78, 5) is 0. The molecule has 2 aliphatic heterocycles. The van der Waals surface area contributed by atoms with E-state index in [1.165, 1.54) is 0 Å². The monoisotopic (exact) mass is 244 g/mol. The van der Waals surface area contributed by atoms with Crippen molar-refractivity contribution in [2.75, 3.05) is 39.6 Å². The van der Waals surface area contributed by atoms with Crippen molar-refractivity contribution in [3.63, 3.8) is 0 Å². The summed E-state index contributed by atoms with van der Waals surface area (Å²) in [5, 5.41) is 0. The minimum absolute atomic E-state index is 0.105. The lowest BCUT2D eigenvalue weighted by atomic mass is 10.3. The van der Waals surface area contributed by atoms with E-state index < -0.39 is 0 Å². The Morgan fingerprint density at radius 3 is 2.71 bits per heavy atom. The van der Waals surface area contributed by atoms with Crippen LogP contribution in [0.15, 0.2) is 12.3 Å². The van der Waals surface area contributed by atoms with Crippen molar-refractivity contribution in [2.24, 2.45) is 0 Å². The maximum absolute atomic E-state index is 5.48. The van der Waals surface area contributed by atoms with E-state index in [9.17, 15) is 0 Å². The SMILES string of the molecule is C1=COC(OCCOCCOCC2CO2)CC1. The van der Waals surface area contributed by atoms with Crippen LogP contribution in [0.1, 0.15) is 12.8 Å². The maximum Gasteiger partial charge on any atom is 0.199 e. The van der Waals surface area contributed by atoms with Crippen molar-refractivity contribution in [1.29, 1.82) is 0 Å². The van der Waals surface area contributed by atoms with Crippen molar-refractivity contribution >= 4 is 0 Å². The molecular formula is C12H20O5. The molecule has 17 heavy (non-hydrogen) atoms. The van der Waals surface area contributed by atoms with Gasteiger partial charge in [0.25, 0.3) is 0 Å². The predicted molar refractivity (Wildman–Crippen MR) is 60.6 cm³/mol. The van der Waals surface area contributed by atoms with Gasteiger partial charge in [0.2, 0.25) is 0 Å². The summed E-state index contributed by atoms with van der Waals surface area (Å²) in [6, 6.07) is 0. The lowest BCUT2D eigenvalue weighted by molar-refractivity contribution is -0.127. The Morgan fingerprint density at radius 1 is 1.12 bits per heavy atom. The molecule has 0 aliphatic carbocycles. The van der Waals surface area contributed by atoms with Crippen LogP contribution in [0.3, 0.4) is 0 Å². The fourth-order valence-electron chi connectivity index (χ4n) is 1.47. The van der Waals surface area contributed by atoms with Gasteiger partial charge in [0.1, 0.15) is 6.10 Å². The zero-order valence-corrected chi connectivity index (χ0v) is 10.0. The van der Waals surface area contributed by atoms with Gasteiger partial charge in [-0.15, -0.1) is 0 Å². The van der Waals surface area contributed by atoms with Crippen molar-refractivity contribution in [3.8, 4) is 0 Å². The van der Waals surface area contributed by atoms with Crippen molar-refractivity contribution in [1.82, 2.24) is 0 Å². The summed E-state index contributed by atoms with van der Waals surface area (Å²) in [5.41, 5.74) is 0. The van der Waals surface area contributed by atoms with E-state index in [2.05, 4.69) is 0 Å². The van der Waals surface area contributed by atoms with E-state index in [0.717, 1.165) is 19.4 Å². The molecule has 1 fully saturated rings. The first-order chi connectivity index (χ1) is 8.45. The van der Waals surface area contributed by atoms with E-state index in [4.69, 9.17) is 23.7 Å². The summed E-state index contributed by atoms with van der Waals surface area (Å²) >= 11 is 0. The van der Waals surface area contributed by atoms with Gasteiger partial charge in [-0.05, 0) is 12.5 Å². The Hall–Kier alpha value is -0.620. The average Bonchev–Trinajstić information content (AvgIpc) is 3.18. The second-order valence-electron chi connectivity index (χ2n) is 4.03. The van der Waals surface area contributed by atoms with Crippen LogP contribution < -0.4 is 0 Å². The summed E-state index contributed by atoms with van der Waals surface area (Å²) in [7, 11) is 0. The predicted octanol–water partition coefficient (Wildman–Crippen LogP) is 1.09. The minimum atomic E-state index is -0.105. The molecular weight excluding hydrogens is 224 g/mol. The molecule has 0 amide bonds. The normalized spacial score (nSPS) is 26.8. The Bertz CT molecular complexity index is 227. The smallest absolute Gasteiger partial charge is 0.199 e. The average molecular weight is 244 g/mol. The second kappa shape index (κ2) is 7.66. The van der Waals surface area contributed by atoms with Crippen LogP contribution in [-0.4, -0.2) is 52.0 Å². The molecule has 98 valence electrons. The van der Waals surface area contributed by atoms with E-state index in [1.54, 1.807) is 6.26 Å². The quantitative estimate of drug-likeness (QED) is 0.449. The zero-order valence-electron chi connectivity index (χ0n) is 10.0. The number of epoxide rings is 1. The molecule has 0 N–H and O–H groups in total. The van der Waals surface area contributed by atoms with Crippen LogP contribution in [0, 0.1) is 0 Å². The zero-order chi connectivity index (χ0) is 11.8. The van der Waals surface area contributed by atoms with Crippen molar-refractivity contribution in [3.05, 3.63) is 12.3 Å². The van der Waals surface area contributed by atoms with Crippen molar-refractivity contribution in [2.45, 2.75) is 25.2 Å². The van der Waals surface area contributed by atoms with Gasteiger partial charge in [0.05, 0.1) is 45.9 Å². The minimum Gasteiger partial charge on any atom is -0.473 e. The van der Waals surface area contributed by atoms with E-state index in [-0.39, 0.29) is 6.29 Å². The molecule has 2 aliphatic rings. The van der Waals surface area contributed by atoms with Gasteiger partial charge in [-0.25, -0.2) is 0 Å². The summed E-state index contributed by atoms with van der Waals surface area (Å²) in [6.07, 6.45) is 5.85. The molecule has 5 heteroatoms. The molecule has 5 nitrogen and oxygen atoms in total. The molecule has 2 atom stereocenters. The van der Waals surface area contributed by atoms with Gasteiger partial charge in [0, 0.05) is 6.42 Å². The molecule has 0 spiro atoms. The largest absolute Gasteiger partial charge is 0.473 e. The number of allylic oxidation sites excluding steroid dienone is 1. The third kappa shape index (κ3) is 6.02. The molecule has 2 unspecified atom stereocenters. The molecule has 1 saturated heterocycles. The standard InChI is InChI=1S/C12H20O5/c1-2-4-15-12(3-1)16-8-7-13-5-6-14-9-11-10-17-11/h2,4,11-12H,1,3,5-10H2. The number of hydrogen-bond acceptors (Lipinski definition) is 5. The highest BCUT2D eigenvalue weighted by Gasteiger charge is 2.21. The number of ether oxygens (including phenoxy) is 5. The summed E-state index contributed by atoms with van der Waals surface area (Å²) < 4.78 is 26.4. The first-order valence-corrected chi connectivity index (χ1v) is 6.14. The maximum atomic E-state index is 5.48. The van der Waals surface area contributed by atoms with Gasteiger partial charge in [-0.3, -0.25) is 0 Å². The molecule has 0 aromatic heterocycles. The molecule has 2 heterocycles. The van der Waals surface area contributed by atoms with E-state index in [1.807, 2.05) is 6.08 Å². The molecule has 0 aromatic rings. The van der Waals surface area contributed by atoms with Gasteiger partial charge >= 0.3 is 0 Å². The molecule has 0 bridgehead atoms. The highest BCUT2D eigenvalue weighted by molar-refractivity contribution is 4.79. The van der Waals surface area contributed by atoms with Crippen LogP contribution in [0.5, 0.6) is 0 Å². The number of rotatable bonds is 9. The lowest BCUT2D eigenvalue weighted by Crippen LogP contribution is -2.20. The third-order valence-electron chi connectivity index (χ3n) is 2.51. The van der Waals surface area contributed by atoms with Crippen LogP contribution in [0.25, 0.3) is 0 Å². The summed E-state index contributed by atoms with van der Waals surface area (Å²) in [6.45, 7) is 3.87. The Kier molecular flexibility index (Phi) is 5.78. The van der Waals surface area contributed by atoms with Gasteiger partial charge in [-0.2, -0.15) is 0 Å². The van der Waals surface area contributed by atoms with Gasteiger partial charge < -0.3 is 23.7 Å². The van der Waals surface area contributed by atoms with Crippen LogP contribution in [-0.2, 0) is 23.7 Å². The molecule has 0 aromatic carbocycles. The Balaban J connectivity index is 1.32. The van der Waals surface area contributed by atoms with E-state index >= 15 is 0 Å². The fraction of sp³-hybridized carbons (Fsp3) is 0.833. The second-order valence-corrected chi connectivity index (χ2v) is 4.03. The number of hydrogen-bond donors (Lipinski definition) is 0. The van der Waals surface area contributed by atoms with Gasteiger partial charge in [0.15, 0.2) is 6.29 Å². The first-order valence-electron chi connectivity index (χ1n) is 6.14. The molecule has 0 radical (unpaired) electrons. The van der Waals surface area contributed by atoms with E-state index in [0.29, 0.717) is 39.1 Å². The highest BCUT2D eigenvalue weighted by atomic mass is 16.7. The third-order valence-corrected chi connectivity index (χ3v) is 2.51. The highest BCUT2D eigenvalue weighted by Crippen LogP contribution is 2.11. The first kappa shape index (κ1) is 12.8. The lowest BCUT2D eigenvalue weighted by Gasteiger charge is -2.19. The fourth-order valence-corrected chi connectivity index (χ4v) is 1.47. The Morgan fingerprint density at radius 2 is 1.94 bits per heavy atom. The van der Waals surface area contributed by atoms with Crippen LogP contribution in [0.4, 0.5) is 0 Å². The van der Waals surface area contributed by atoms with Gasteiger partial charge in [-0.1, -0.05) is 0 Å².